The smallest absolute Gasteiger partial charge is 0.416 e. The van der Waals surface area contributed by atoms with Crippen molar-refractivity contribution in [1.29, 1.82) is 0 Å². The number of ether oxygens (including phenoxy) is 3. The van der Waals surface area contributed by atoms with Gasteiger partial charge in [-0.25, -0.2) is 0 Å². The van der Waals surface area contributed by atoms with Gasteiger partial charge in [0.15, 0.2) is 11.5 Å². The molecule has 1 unspecified atom stereocenters. The number of hydrogen-bond acceptors (Lipinski definition) is 6. The lowest BCUT2D eigenvalue weighted by Gasteiger charge is -2.29. The highest BCUT2D eigenvalue weighted by Gasteiger charge is 2.32. The second kappa shape index (κ2) is 11.4. The zero-order chi connectivity index (χ0) is 27.4. The highest BCUT2D eigenvalue weighted by atomic mass is 19.4. The van der Waals surface area contributed by atoms with Crippen molar-refractivity contribution >= 4 is 11.8 Å². The zero-order valence-corrected chi connectivity index (χ0v) is 21.0. The molecule has 0 spiro atoms. The van der Waals surface area contributed by atoms with Gasteiger partial charge in [0.2, 0.25) is 12.7 Å². The fraction of sp³-hybridized carbons (Fsp3) is 0.357. The molecule has 1 aromatic heterocycles. The lowest BCUT2D eigenvalue weighted by atomic mass is 10.1. The molecule has 1 atom stereocenters. The lowest BCUT2D eigenvalue weighted by molar-refractivity contribution is -0.137. The van der Waals surface area contributed by atoms with E-state index in [4.69, 9.17) is 18.6 Å². The SMILES string of the molecule is O=C(CN(CC1CCCO1)C(=O)c1ccc(C(F)(F)F)cc1)N(Cc1ccc2c(c1)OCO2)Cc1ccco1. The molecule has 3 heterocycles. The minimum Gasteiger partial charge on any atom is -0.467 e. The number of rotatable bonds is 9. The summed E-state index contributed by atoms with van der Waals surface area (Å²) in [7, 11) is 0. The van der Waals surface area contributed by atoms with Gasteiger partial charge in [-0.05, 0) is 66.9 Å². The Labute approximate surface area is 222 Å². The van der Waals surface area contributed by atoms with E-state index in [-0.39, 0.29) is 50.5 Å². The Balaban J connectivity index is 1.36. The van der Waals surface area contributed by atoms with Gasteiger partial charge < -0.3 is 28.4 Å². The number of alkyl halides is 3. The van der Waals surface area contributed by atoms with Crippen molar-refractivity contribution in [2.75, 3.05) is 26.5 Å². The monoisotopic (exact) mass is 544 g/mol. The van der Waals surface area contributed by atoms with Crippen molar-refractivity contribution in [2.45, 2.75) is 38.2 Å². The topological polar surface area (TPSA) is 81.5 Å². The number of benzene rings is 2. The molecule has 2 aliphatic heterocycles. The van der Waals surface area contributed by atoms with E-state index in [1.54, 1.807) is 29.2 Å². The van der Waals surface area contributed by atoms with Crippen molar-refractivity contribution in [1.82, 2.24) is 9.80 Å². The van der Waals surface area contributed by atoms with Crippen LogP contribution < -0.4 is 9.47 Å². The highest BCUT2D eigenvalue weighted by molar-refractivity contribution is 5.96. The Hall–Kier alpha value is -3.99. The summed E-state index contributed by atoms with van der Waals surface area (Å²) in [6, 6.07) is 12.8. The van der Waals surface area contributed by atoms with Crippen LogP contribution in [0, 0.1) is 0 Å². The van der Waals surface area contributed by atoms with Gasteiger partial charge in [-0.2, -0.15) is 13.2 Å². The predicted octanol–water partition coefficient (Wildman–Crippen LogP) is 4.88. The van der Waals surface area contributed by atoms with Crippen LogP contribution in [0.2, 0.25) is 0 Å². The van der Waals surface area contributed by atoms with Crippen LogP contribution in [0.25, 0.3) is 0 Å². The second-order valence-corrected chi connectivity index (χ2v) is 9.41. The first kappa shape index (κ1) is 26.6. The van der Waals surface area contributed by atoms with E-state index < -0.39 is 17.6 Å². The zero-order valence-electron chi connectivity index (χ0n) is 21.0. The summed E-state index contributed by atoms with van der Waals surface area (Å²) < 4.78 is 61.1. The fourth-order valence-corrected chi connectivity index (χ4v) is 4.58. The van der Waals surface area contributed by atoms with E-state index >= 15 is 0 Å². The first-order chi connectivity index (χ1) is 18.8. The quantitative estimate of drug-likeness (QED) is 0.382. The van der Waals surface area contributed by atoms with E-state index in [1.165, 1.54) is 11.2 Å². The highest BCUT2D eigenvalue weighted by Crippen LogP contribution is 2.33. The number of furan rings is 1. The molecule has 8 nitrogen and oxygen atoms in total. The van der Waals surface area contributed by atoms with Crippen molar-refractivity contribution in [3.63, 3.8) is 0 Å². The average Bonchev–Trinajstić information content (AvgIpc) is 3.70. The third-order valence-corrected chi connectivity index (χ3v) is 6.61. The largest absolute Gasteiger partial charge is 0.467 e. The van der Waals surface area contributed by atoms with Crippen molar-refractivity contribution in [3.05, 3.63) is 83.3 Å². The van der Waals surface area contributed by atoms with Crippen LogP contribution in [0.15, 0.2) is 65.3 Å². The maximum atomic E-state index is 13.7. The fourth-order valence-electron chi connectivity index (χ4n) is 4.58. The number of amides is 2. The molecule has 2 aromatic carbocycles. The molecule has 1 fully saturated rings. The molecule has 5 rings (SSSR count). The van der Waals surface area contributed by atoms with E-state index in [0.717, 1.165) is 42.7 Å². The Kier molecular flexibility index (Phi) is 7.78. The van der Waals surface area contributed by atoms with Gasteiger partial charge in [0.1, 0.15) is 12.3 Å². The van der Waals surface area contributed by atoms with Gasteiger partial charge in [-0.15, -0.1) is 0 Å². The number of fused-ring (bicyclic) bond motifs is 1. The van der Waals surface area contributed by atoms with Gasteiger partial charge in [-0.3, -0.25) is 9.59 Å². The molecule has 39 heavy (non-hydrogen) atoms. The van der Waals surface area contributed by atoms with Crippen molar-refractivity contribution in [2.24, 2.45) is 0 Å². The maximum absolute atomic E-state index is 13.7. The number of halogens is 3. The number of carbonyl (C=O) groups excluding carboxylic acids is 2. The first-order valence-electron chi connectivity index (χ1n) is 12.5. The van der Waals surface area contributed by atoms with E-state index in [0.29, 0.717) is 23.9 Å². The molecule has 2 amide bonds. The molecule has 0 N–H and O–H groups in total. The lowest BCUT2D eigenvalue weighted by Crippen LogP contribution is -2.45. The third-order valence-electron chi connectivity index (χ3n) is 6.61. The van der Waals surface area contributed by atoms with E-state index in [9.17, 15) is 22.8 Å². The van der Waals surface area contributed by atoms with Gasteiger partial charge in [-0.1, -0.05) is 6.07 Å². The Morgan fingerprint density at radius 3 is 2.44 bits per heavy atom. The normalized spacial score (nSPS) is 16.3. The molecule has 1 saturated heterocycles. The minimum absolute atomic E-state index is 0.0575. The molecule has 0 bridgehead atoms. The van der Waals surface area contributed by atoms with E-state index in [1.807, 2.05) is 6.07 Å². The van der Waals surface area contributed by atoms with Gasteiger partial charge in [0, 0.05) is 25.3 Å². The summed E-state index contributed by atoms with van der Waals surface area (Å²) in [6.07, 6.45) is -1.72. The number of carbonyl (C=O) groups is 2. The molecule has 3 aromatic rings. The van der Waals surface area contributed by atoms with Crippen molar-refractivity contribution < 1.29 is 41.4 Å². The van der Waals surface area contributed by atoms with Crippen LogP contribution in [0.4, 0.5) is 13.2 Å². The Morgan fingerprint density at radius 2 is 1.74 bits per heavy atom. The summed E-state index contributed by atoms with van der Waals surface area (Å²) in [5.74, 6) is 0.850. The first-order valence-corrected chi connectivity index (χ1v) is 12.5. The summed E-state index contributed by atoms with van der Waals surface area (Å²) >= 11 is 0. The molecule has 206 valence electrons. The maximum Gasteiger partial charge on any atom is 0.416 e. The molecule has 0 radical (unpaired) electrons. The standard InChI is InChI=1S/C28H27F3N2O6/c29-28(30,31)21-8-6-20(7-9-21)27(35)33(16-23-4-2-12-37-23)17-26(34)32(15-22-3-1-11-36-22)14-19-5-10-24-25(13-19)39-18-38-24/h1,3,5-11,13,23H,2,4,12,14-18H2. The summed E-state index contributed by atoms with van der Waals surface area (Å²) in [5.41, 5.74) is -0.00444. The van der Waals surface area contributed by atoms with Crippen LogP contribution >= 0.6 is 0 Å². The van der Waals surface area contributed by atoms with Crippen LogP contribution in [0.1, 0.15) is 40.1 Å². The van der Waals surface area contributed by atoms with Crippen molar-refractivity contribution in [3.8, 4) is 11.5 Å². The second-order valence-electron chi connectivity index (χ2n) is 9.41. The third kappa shape index (κ3) is 6.54. The van der Waals surface area contributed by atoms with Gasteiger partial charge >= 0.3 is 6.18 Å². The van der Waals surface area contributed by atoms with Gasteiger partial charge in [0.05, 0.1) is 24.5 Å². The molecule has 2 aliphatic rings. The van der Waals surface area contributed by atoms with Crippen LogP contribution in [-0.2, 0) is 28.8 Å². The molecular weight excluding hydrogens is 517 g/mol. The predicted molar refractivity (Wildman–Crippen MR) is 132 cm³/mol. The summed E-state index contributed by atoms with van der Waals surface area (Å²) in [6.45, 7) is 0.893. The Bertz CT molecular complexity index is 1290. The van der Waals surface area contributed by atoms with Crippen LogP contribution in [-0.4, -0.2) is 54.2 Å². The van der Waals surface area contributed by atoms with E-state index in [2.05, 4.69) is 0 Å². The minimum atomic E-state index is -4.52. The average molecular weight is 545 g/mol. The number of hydrogen-bond donors (Lipinski definition) is 0. The molecule has 0 saturated carbocycles. The summed E-state index contributed by atoms with van der Waals surface area (Å²) in [5, 5.41) is 0. The van der Waals surface area contributed by atoms with Crippen LogP contribution in [0.3, 0.4) is 0 Å². The van der Waals surface area contributed by atoms with Gasteiger partial charge in [0.25, 0.3) is 5.91 Å². The Morgan fingerprint density at radius 1 is 0.949 bits per heavy atom. The molecule has 11 heteroatoms. The summed E-state index contributed by atoms with van der Waals surface area (Å²) in [4.78, 5) is 30.0. The van der Waals surface area contributed by atoms with Crippen LogP contribution in [0.5, 0.6) is 11.5 Å². The molecule has 0 aliphatic carbocycles. The number of nitrogens with zero attached hydrogens (tertiary/aromatic N) is 2. The molecular formula is C28H27F3N2O6.